The van der Waals surface area contributed by atoms with E-state index in [0.717, 1.165) is 0 Å². The molecule has 3 heteroatoms. The highest BCUT2D eigenvalue weighted by Crippen LogP contribution is 2.37. The fraction of sp³-hybridized carbons (Fsp3) is 0.143. The van der Waals surface area contributed by atoms with Crippen molar-refractivity contribution in [2.45, 2.75) is 13.8 Å². The molecule has 3 rings (SSSR count). The first-order chi connectivity index (χ1) is 8.43. The lowest BCUT2D eigenvalue weighted by Gasteiger charge is -1.89. The van der Waals surface area contributed by atoms with Crippen molar-refractivity contribution in [1.29, 1.82) is 0 Å². The Kier molecular flexibility index (Phi) is 4.54. The fourth-order valence-electron chi connectivity index (χ4n) is 1.44. The van der Waals surface area contributed by atoms with Crippen LogP contribution in [0.15, 0.2) is 47.2 Å². The van der Waals surface area contributed by atoms with Crippen molar-refractivity contribution in [2.75, 3.05) is 0 Å². The monoisotopic (exact) mass is 278 g/mol. The third kappa shape index (κ3) is 2.86. The first-order valence-electron chi connectivity index (χ1n) is 5.61. The quantitative estimate of drug-likeness (QED) is 0.521. The van der Waals surface area contributed by atoms with Gasteiger partial charge in [-0.25, -0.2) is 0 Å². The molecule has 0 unspecified atom stereocenters. The summed E-state index contributed by atoms with van der Waals surface area (Å²) in [6.45, 7) is 4.00. The molecule has 0 atom stereocenters. The van der Waals surface area contributed by atoms with Crippen molar-refractivity contribution in [1.82, 2.24) is 0 Å². The van der Waals surface area contributed by atoms with Crippen molar-refractivity contribution < 1.29 is 0 Å². The maximum atomic E-state index is 2.21. The lowest BCUT2D eigenvalue weighted by Crippen LogP contribution is -1.57. The molecule has 0 bridgehead atoms. The van der Waals surface area contributed by atoms with Crippen LogP contribution in [0.3, 0.4) is 0 Å². The summed E-state index contributed by atoms with van der Waals surface area (Å²) in [4.78, 5) is 5.47. The molecule has 0 saturated heterocycles. The van der Waals surface area contributed by atoms with E-state index in [1.54, 1.807) is 22.7 Å². The smallest absolute Gasteiger partial charge is 0.0449 e. The molecule has 0 aliphatic heterocycles. The van der Waals surface area contributed by atoms with E-state index in [1.165, 1.54) is 19.5 Å². The highest BCUT2D eigenvalue weighted by atomic mass is 32.1. The van der Waals surface area contributed by atoms with Crippen LogP contribution < -0.4 is 0 Å². The van der Waals surface area contributed by atoms with Gasteiger partial charge in [-0.2, -0.15) is 0 Å². The predicted molar refractivity (Wildman–Crippen MR) is 82.3 cm³/mol. The molecule has 0 saturated carbocycles. The van der Waals surface area contributed by atoms with Crippen molar-refractivity contribution in [2.24, 2.45) is 0 Å². The summed E-state index contributed by atoms with van der Waals surface area (Å²) in [6, 6.07) is 13.0. The van der Waals surface area contributed by atoms with Gasteiger partial charge in [0.15, 0.2) is 0 Å². The highest BCUT2D eigenvalue weighted by molar-refractivity contribution is 7.25. The highest BCUT2D eigenvalue weighted by Gasteiger charge is 2.05. The molecule has 0 N–H and O–H groups in total. The molecule has 3 aromatic heterocycles. The van der Waals surface area contributed by atoms with Crippen molar-refractivity contribution >= 4 is 34.0 Å². The summed E-state index contributed by atoms with van der Waals surface area (Å²) < 4.78 is 0. The number of rotatable bonds is 2. The number of hydrogen-bond acceptors (Lipinski definition) is 3. The second kappa shape index (κ2) is 6.15. The Hall–Kier alpha value is -0.900. The number of hydrogen-bond donors (Lipinski definition) is 0. The largest absolute Gasteiger partial charge is 0.143 e. The molecule has 0 aliphatic carbocycles. The van der Waals surface area contributed by atoms with E-state index in [4.69, 9.17) is 0 Å². The summed E-state index contributed by atoms with van der Waals surface area (Å²) in [7, 11) is 0. The van der Waals surface area contributed by atoms with E-state index in [-0.39, 0.29) is 0 Å². The molecule has 3 heterocycles. The van der Waals surface area contributed by atoms with Gasteiger partial charge in [-0.3, -0.25) is 0 Å². The van der Waals surface area contributed by atoms with Gasteiger partial charge in [0.2, 0.25) is 0 Å². The maximum Gasteiger partial charge on any atom is 0.0449 e. The summed E-state index contributed by atoms with van der Waals surface area (Å²) >= 11 is 5.47. The van der Waals surface area contributed by atoms with E-state index in [1.807, 2.05) is 25.2 Å². The van der Waals surface area contributed by atoms with E-state index < -0.39 is 0 Å². The summed E-state index contributed by atoms with van der Waals surface area (Å²) in [6.07, 6.45) is 0. The molecule has 0 amide bonds. The zero-order valence-electron chi connectivity index (χ0n) is 9.84. The van der Waals surface area contributed by atoms with Gasteiger partial charge < -0.3 is 0 Å². The summed E-state index contributed by atoms with van der Waals surface area (Å²) in [5.74, 6) is 0. The van der Waals surface area contributed by atoms with E-state index in [0.29, 0.717) is 0 Å². The van der Waals surface area contributed by atoms with E-state index in [2.05, 4.69) is 47.2 Å². The van der Waals surface area contributed by atoms with Crippen molar-refractivity contribution in [3.63, 3.8) is 0 Å². The Morgan fingerprint density at radius 1 is 0.647 bits per heavy atom. The molecule has 17 heavy (non-hydrogen) atoms. The van der Waals surface area contributed by atoms with Crippen LogP contribution in [0.1, 0.15) is 13.8 Å². The third-order valence-corrected chi connectivity index (χ3v) is 5.35. The van der Waals surface area contributed by atoms with Crippen LogP contribution in [0.2, 0.25) is 0 Å². The van der Waals surface area contributed by atoms with Gasteiger partial charge in [0.1, 0.15) is 0 Å². The minimum Gasteiger partial charge on any atom is -0.143 e. The van der Waals surface area contributed by atoms with Gasteiger partial charge in [-0.05, 0) is 35.0 Å². The van der Waals surface area contributed by atoms with Gasteiger partial charge in [0, 0.05) is 19.5 Å². The maximum absolute atomic E-state index is 2.21. The van der Waals surface area contributed by atoms with Gasteiger partial charge in [-0.15, -0.1) is 34.0 Å². The lowest BCUT2D eigenvalue weighted by molar-refractivity contribution is 1.50. The molecule has 0 aromatic carbocycles. The average Bonchev–Trinajstić information content (AvgIpc) is 3.13. The van der Waals surface area contributed by atoms with E-state index in [9.17, 15) is 0 Å². The lowest BCUT2D eigenvalue weighted by atomic mass is 10.3. The van der Waals surface area contributed by atoms with Crippen LogP contribution in [-0.2, 0) is 0 Å². The molecule has 0 aliphatic rings. The standard InChI is InChI=1S/C12H8S3.C2H6/c1-3-9(13-7-1)11-5-6-12(15-11)10-4-2-8-14-10;1-2/h1-8H;1-2H3. The van der Waals surface area contributed by atoms with Crippen LogP contribution >= 0.6 is 34.0 Å². The zero-order chi connectivity index (χ0) is 12.1. The Labute approximate surface area is 114 Å². The average molecular weight is 278 g/mol. The van der Waals surface area contributed by atoms with Crippen LogP contribution in [0.4, 0.5) is 0 Å². The summed E-state index contributed by atoms with van der Waals surface area (Å²) in [5, 5.41) is 4.25. The predicted octanol–water partition coefficient (Wildman–Crippen LogP) is 6.23. The molecule has 0 fully saturated rings. The van der Waals surface area contributed by atoms with Crippen molar-refractivity contribution in [3.05, 3.63) is 47.2 Å². The fourth-order valence-corrected chi connectivity index (χ4v) is 4.12. The topological polar surface area (TPSA) is 0 Å². The zero-order valence-corrected chi connectivity index (χ0v) is 12.3. The number of thiophene rings is 3. The SMILES string of the molecule is CC.c1csc(-c2ccc(-c3cccs3)s2)c1. The Morgan fingerprint density at radius 2 is 1.12 bits per heavy atom. The van der Waals surface area contributed by atoms with Gasteiger partial charge in [0.05, 0.1) is 0 Å². The van der Waals surface area contributed by atoms with Crippen LogP contribution in [0, 0.1) is 0 Å². The van der Waals surface area contributed by atoms with Crippen molar-refractivity contribution in [3.8, 4) is 19.5 Å². The molecular formula is C14H14S3. The minimum atomic E-state index is 1.36. The molecule has 3 aromatic rings. The van der Waals surface area contributed by atoms with Gasteiger partial charge in [-0.1, -0.05) is 26.0 Å². The molecule has 88 valence electrons. The second-order valence-corrected chi connectivity index (χ2v) is 6.10. The molecule has 0 radical (unpaired) electrons. The minimum absolute atomic E-state index is 1.36. The second-order valence-electron chi connectivity index (χ2n) is 3.12. The molecular weight excluding hydrogens is 264 g/mol. The third-order valence-electron chi connectivity index (χ3n) is 2.13. The Morgan fingerprint density at radius 3 is 1.47 bits per heavy atom. The normalized spacial score (nSPS) is 9.76. The van der Waals surface area contributed by atoms with Crippen LogP contribution in [-0.4, -0.2) is 0 Å². The van der Waals surface area contributed by atoms with Crippen LogP contribution in [0.5, 0.6) is 0 Å². The first-order valence-corrected chi connectivity index (χ1v) is 8.19. The Bertz CT molecular complexity index is 481. The first kappa shape index (κ1) is 12.6. The molecule has 0 nitrogen and oxygen atoms in total. The van der Waals surface area contributed by atoms with Crippen LogP contribution in [0.25, 0.3) is 19.5 Å². The van der Waals surface area contributed by atoms with E-state index >= 15 is 0 Å². The summed E-state index contributed by atoms with van der Waals surface area (Å²) in [5.41, 5.74) is 0. The Balaban J connectivity index is 0.000000514. The molecule has 0 spiro atoms. The van der Waals surface area contributed by atoms with Gasteiger partial charge >= 0.3 is 0 Å². The van der Waals surface area contributed by atoms with Gasteiger partial charge in [0.25, 0.3) is 0 Å².